The van der Waals surface area contributed by atoms with E-state index in [2.05, 4.69) is 18.2 Å². The minimum atomic E-state index is -0.518. The number of rotatable bonds is 4. The van der Waals surface area contributed by atoms with Gasteiger partial charge in [-0.25, -0.2) is 0 Å². The molecule has 0 fully saturated rings. The van der Waals surface area contributed by atoms with Gasteiger partial charge in [-0.15, -0.1) is 11.3 Å². The van der Waals surface area contributed by atoms with Crippen molar-refractivity contribution < 1.29 is 4.79 Å². The maximum Gasteiger partial charge on any atom is 0.240 e. The largest absolute Gasteiger partial charge is 0.333 e. The molecule has 1 aliphatic heterocycles. The normalized spacial score (nSPS) is 14.3. The number of carbonyl (C=O) groups is 1. The van der Waals surface area contributed by atoms with E-state index in [1.165, 1.54) is 11.1 Å². The van der Waals surface area contributed by atoms with E-state index in [1.54, 1.807) is 11.3 Å². The zero-order chi connectivity index (χ0) is 18.1. The first-order valence-electron chi connectivity index (χ1n) is 8.56. The van der Waals surface area contributed by atoms with Crippen LogP contribution in [0.3, 0.4) is 0 Å². The molecule has 26 heavy (non-hydrogen) atoms. The van der Waals surface area contributed by atoms with Gasteiger partial charge in [-0.3, -0.25) is 4.79 Å². The molecule has 2 heterocycles. The van der Waals surface area contributed by atoms with Crippen molar-refractivity contribution in [2.24, 2.45) is 5.73 Å². The molecule has 2 aromatic carbocycles. The minimum absolute atomic E-state index is 0.0129. The first-order chi connectivity index (χ1) is 12.6. The molecule has 0 bridgehead atoms. The quantitative estimate of drug-likeness (QED) is 0.723. The second-order valence-corrected chi connectivity index (χ2v) is 8.15. The minimum Gasteiger partial charge on any atom is -0.333 e. The fourth-order valence-corrected chi connectivity index (χ4v) is 4.56. The standard InChI is InChI=1S/C21H19ClN2OS/c22-17-7-3-6-14(10-17)20-9-8-18(26-20)11-19(23)21(25)24-12-15-4-1-2-5-16(15)13-24/h1-10,19H,11-13,23H2/t19-/m1/s1. The molecule has 4 rings (SSSR count). The van der Waals surface area contributed by atoms with Crippen LogP contribution in [-0.4, -0.2) is 16.8 Å². The SMILES string of the molecule is N[C@H](Cc1ccc(-c2cccc(Cl)c2)s1)C(=O)N1Cc2ccccc2C1. The highest BCUT2D eigenvalue weighted by molar-refractivity contribution is 7.15. The van der Waals surface area contributed by atoms with Crippen LogP contribution in [0.4, 0.5) is 0 Å². The van der Waals surface area contributed by atoms with Crippen LogP contribution in [0.5, 0.6) is 0 Å². The molecule has 3 nitrogen and oxygen atoms in total. The second-order valence-electron chi connectivity index (χ2n) is 6.55. The molecule has 5 heteroatoms. The number of nitrogens with two attached hydrogens (primary N) is 1. The number of halogens is 1. The van der Waals surface area contributed by atoms with E-state index < -0.39 is 6.04 Å². The summed E-state index contributed by atoms with van der Waals surface area (Å²) in [6.07, 6.45) is 0.552. The van der Waals surface area contributed by atoms with Crippen molar-refractivity contribution in [2.75, 3.05) is 0 Å². The topological polar surface area (TPSA) is 46.3 Å². The van der Waals surface area contributed by atoms with Gasteiger partial charge in [0, 0.05) is 34.3 Å². The van der Waals surface area contributed by atoms with Crippen molar-refractivity contribution in [3.63, 3.8) is 0 Å². The predicted octanol–water partition coefficient (Wildman–Crippen LogP) is 4.48. The number of amides is 1. The Balaban J connectivity index is 1.42. The van der Waals surface area contributed by atoms with E-state index in [-0.39, 0.29) is 5.91 Å². The smallest absolute Gasteiger partial charge is 0.240 e. The molecule has 0 spiro atoms. The number of carbonyl (C=O) groups excluding carboxylic acids is 1. The molecule has 1 atom stereocenters. The van der Waals surface area contributed by atoms with Gasteiger partial charge in [0.25, 0.3) is 0 Å². The van der Waals surface area contributed by atoms with Crippen molar-refractivity contribution >= 4 is 28.8 Å². The summed E-state index contributed by atoms with van der Waals surface area (Å²) in [5, 5.41) is 0.720. The van der Waals surface area contributed by atoms with E-state index in [4.69, 9.17) is 17.3 Å². The zero-order valence-electron chi connectivity index (χ0n) is 14.2. The summed E-state index contributed by atoms with van der Waals surface area (Å²) in [6.45, 7) is 1.31. The first kappa shape index (κ1) is 17.3. The lowest BCUT2D eigenvalue weighted by Crippen LogP contribution is -2.42. The van der Waals surface area contributed by atoms with Crippen LogP contribution in [0.15, 0.2) is 60.7 Å². The van der Waals surface area contributed by atoms with Gasteiger partial charge in [-0.1, -0.05) is 48.0 Å². The lowest BCUT2D eigenvalue weighted by Gasteiger charge is -2.20. The summed E-state index contributed by atoms with van der Waals surface area (Å²) in [6, 6.07) is 19.6. The van der Waals surface area contributed by atoms with Gasteiger partial charge in [0.05, 0.1) is 6.04 Å². The highest BCUT2D eigenvalue weighted by Gasteiger charge is 2.27. The van der Waals surface area contributed by atoms with Crippen molar-refractivity contribution in [1.82, 2.24) is 4.90 Å². The number of benzene rings is 2. The number of hydrogen-bond donors (Lipinski definition) is 1. The average Bonchev–Trinajstić information content (AvgIpc) is 3.27. The summed E-state index contributed by atoms with van der Waals surface area (Å²) >= 11 is 7.73. The third kappa shape index (κ3) is 3.54. The molecule has 0 saturated carbocycles. The van der Waals surface area contributed by atoms with Crippen LogP contribution in [0, 0.1) is 0 Å². The lowest BCUT2D eigenvalue weighted by molar-refractivity contribution is -0.133. The number of nitrogens with zero attached hydrogens (tertiary/aromatic N) is 1. The maximum atomic E-state index is 12.7. The van der Waals surface area contributed by atoms with Gasteiger partial charge in [-0.2, -0.15) is 0 Å². The summed E-state index contributed by atoms with van der Waals surface area (Å²) in [5.41, 5.74) is 9.75. The Morgan fingerprint density at radius 2 is 1.81 bits per heavy atom. The van der Waals surface area contributed by atoms with E-state index in [1.807, 2.05) is 47.4 Å². The highest BCUT2D eigenvalue weighted by atomic mass is 35.5. The third-order valence-corrected chi connectivity index (χ3v) is 6.05. The van der Waals surface area contributed by atoms with Crippen LogP contribution in [-0.2, 0) is 24.3 Å². The highest BCUT2D eigenvalue weighted by Crippen LogP contribution is 2.30. The van der Waals surface area contributed by atoms with Crippen LogP contribution >= 0.6 is 22.9 Å². The molecule has 132 valence electrons. The van der Waals surface area contributed by atoms with Crippen molar-refractivity contribution in [3.8, 4) is 10.4 Å². The molecule has 0 unspecified atom stereocenters. The Labute approximate surface area is 162 Å². The monoisotopic (exact) mass is 382 g/mol. The fraction of sp³-hybridized carbons (Fsp3) is 0.190. The van der Waals surface area contributed by atoms with E-state index in [0.29, 0.717) is 19.5 Å². The van der Waals surface area contributed by atoms with Crippen molar-refractivity contribution in [2.45, 2.75) is 25.6 Å². The fourth-order valence-electron chi connectivity index (χ4n) is 3.31. The van der Waals surface area contributed by atoms with Crippen LogP contribution in [0.1, 0.15) is 16.0 Å². The Kier molecular flexibility index (Phi) is 4.81. The number of fused-ring (bicyclic) bond motifs is 1. The molecule has 2 N–H and O–H groups in total. The van der Waals surface area contributed by atoms with Crippen molar-refractivity contribution in [1.29, 1.82) is 0 Å². The van der Waals surface area contributed by atoms with Crippen LogP contribution in [0.2, 0.25) is 5.02 Å². The number of hydrogen-bond acceptors (Lipinski definition) is 3. The Hall–Kier alpha value is -2.14. The van der Waals surface area contributed by atoms with Gasteiger partial charge in [0.15, 0.2) is 0 Å². The molecular weight excluding hydrogens is 364 g/mol. The predicted molar refractivity (Wildman–Crippen MR) is 107 cm³/mol. The molecule has 0 saturated heterocycles. The second kappa shape index (κ2) is 7.23. The Morgan fingerprint density at radius 1 is 1.08 bits per heavy atom. The molecule has 0 radical (unpaired) electrons. The number of thiophene rings is 1. The van der Waals surface area contributed by atoms with E-state index >= 15 is 0 Å². The average molecular weight is 383 g/mol. The van der Waals surface area contributed by atoms with E-state index in [0.717, 1.165) is 20.3 Å². The van der Waals surface area contributed by atoms with Gasteiger partial charge in [-0.05, 0) is 41.0 Å². The third-order valence-electron chi connectivity index (χ3n) is 4.66. The molecule has 1 aliphatic rings. The molecule has 1 aromatic heterocycles. The van der Waals surface area contributed by atoms with Gasteiger partial charge in [0.1, 0.15) is 0 Å². The molecule has 0 aliphatic carbocycles. The van der Waals surface area contributed by atoms with Crippen LogP contribution in [0.25, 0.3) is 10.4 Å². The summed E-state index contributed by atoms with van der Waals surface area (Å²) < 4.78 is 0. The zero-order valence-corrected chi connectivity index (χ0v) is 15.8. The van der Waals surface area contributed by atoms with Gasteiger partial charge >= 0.3 is 0 Å². The Bertz CT molecular complexity index is 927. The maximum absolute atomic E-state index is 12.7. The molecular formula is C21H19ClN2OS. The summed E-state index contributed by atoms with van der Waals surface area (Å²) in [5.74, 6) is 0.0129. The van der Waals surface area contributed by atoms with Gasteiger partial charge < -0.3 is 10.6 Å². The lowest BCUT2D eigenvalue weighted by atomic mass is 10.1. The first-order valence-corrected chi connectivity index (χ1v) is 9.75. The van der Waals surface area contributed by atoms with Crippen LogP contribution < -0.4 is 5.73 Å². The van der Waals surface area contributed by atoms with E-state index in [9.17, 15) is 4.79 Å². The van der Waals surface area contributed by atoms with Crippen molar-refractivity contribution in [3.05, 3.63) is 81.7 Å². The summed E-state index contributed by atoms with van der Waals surface area (Å²) in [4.78, 5) is 16.8. The summed E-state index contributed by atoms with van der Waals surface area (Å²) in [7, 11) is 0. The molecule has 1 amide bonds. The van der Waals surface area contributed by atoms with Gasteiger partial charge in [0.2, 0.25) is 5.91 Å². The Morgan fingerprint density at radius 3 is 2.50 bits per heavy atom. The molecule has 3 aromatic rings.